The first-order chi connectivity index (χ1) is 7.06. The zero-order valence-electron chi connectivity index (χ0n) is 9.33. The molecule has 0 aromatic heterocycles. The van der Waals surface area contributed by atoms with Gasteiger partial charge in [-0.05, 0) is 6.42 Å². The molecule has 0 amide bonds. The van der Waals surface area contributed by atoms with Gasteiger partial charge >= 0.3 is 9.28 Å². The topological polar surface area (TPSA) is 52.6 Å². The minimum atomic E-state index is -2.26. The second kappa shape index (κ2) is 8.06. The maximum atomic E-state index is 10.7. The third kappa shape index (κ3) is 9.03. The van der Waals surface area contributed by atoms with Crippen LogP contribution in [0.15, 0.2) is 0 Å². The van der Waals surface area contributed by atoms with E-state index in [1.165, 1.54) is 13.8 Å². The summed E-state index contributed by atoms with van der Waals surface area (Å²) in [6, 6.07) is 0.360. The van der Waals surface area contributed by atoms with E-state index in [0.29, 0.717) is 6.04 Å². The van der Waals surface area contributed by atoms with Gasteiger partial charge in [0, 0.05) is 20.3 Å². The van der Waals surface area contributed by atoms with Crippen molar-refractivity contribution in [3.8, 4) is 11.8 Å². The van der Waals surface area contributed by atoms with Crippen LogP contribution in [0.25, 0.3) is 0 Å². The van der Waals surface area contributed by atoms with E-state index in [9.17, 15) is 9.59 Å². The fourth-order valence-electron chi connectivity index (χ4n) is 0.846. The second-order valence-corrected chi connectivity index (χ2v) is 4.69. The van der Waals surface area contributed by atoms with E-state index in [4.69, 9.17) is 8.85 Å². The summed E-state index contributed by atoms with van der Waals surface area (Å²) in [6.45, 7) is 4.62. The molecular weight excluding hydrogens is 212 g/mol. The summed E-state index contributed by atoms with van der Waals surface area (Å²) in [5, 5.41) is 0. The molecule has 5 heteroatoms. The quantitative estimate of drug-likeness (QED) is 0.535. The van der Waals surface area contributed by atoms with Crippen LogP contribution in [0.4, 0.5) is 0 Å². The molecule has 15 heavy (non-hydrogen) atoms. The Balaban J connectivity index is 4.07. The summed E-state index contributed by atoms with van der Waals surface area (Å²) in [6.07, 6.45) is 1.79. The van der Waals surface area contributed by atoms with Gasteiger partial charge in [-0.25, -0.2) is 0 Å². The van der Waals surface area contributed by atoms with Crippen molar-refractivity contribution >= 4 is 21.2 Å². The molecule has 0 aliphatic carbocycles. The van der Waals surface area contributed by atoms with Gasteiger partial charge in [-0.2, -0.15) is 0 Å². The van der Waals surface area contributed by atoms with Crippen molar-refractivity contribution in [2.24, 2.45) is 0 Å². The lowest BCUT2D eigenvalue weighted by atomic mass is 10.3. The molecule has 0 radical (unpaired) electrons. The molecule has 0 fully saturated rings. The van der Waals surface area contributed by atoms with Crippen molar-refractivity contribution < 1.29 is 18.4 Å². The van der Waals surface area contributed by atoms with Crippen LogP contribution in [0, 0.1) is 11.8 Å². The van der Waals surface area contributed by atoms with Crippen molar-refractivity contribution in [2.75, 3.05) is 0 Å². The van der Waals surface area contributed by atoms with Gasteiger partial charge in [0.05, 0.1) is 6.04 Å². The second-order valence-electron chi connectivity index (χ2n) is 2.96. The lowest BCUT2D eigenvalue weighted by Gasteiger charge is -2.11. The lowest BCUT2D eigenvalue weighted by molar-refractivity contribution is -0.137. The highest BCUT2D eigenvalue weighted by Crippen LogP contribution is 1.98. The molecular formula is C10H16O4Si. The number of carbonyl (C=O) groups excluding carboxylic acids is 2. The summed E-state index contributed by atoms with van der Waals surface area (Å²) in [4.78, 5) is 21.4. The Hall–Kier alpha value is -1.28. The van der Waals surface area contributed by atoms with Crippen molar-refractivity contribution in [2.45, 2.75) is 39.7 Å². The van der Waals surface area contributed by atoms with Gasteiger partial charge < -0.3 is 8.85 Å². The normalized spacial score (nSPS) is 9.07. The maximum absolute atomic E-state index is 10.7. The van der Waals surface area contributed by atoms with Gasteiger partial charge in [0.15, 0.2) is 0 Å². The number of hydrogen-bond donors (Lipinski definition) is 0. The van der Waals surface area contributed by atoms with Gasteiger partial charge in [-0.15, -0.1) is 5.92 Å². The van der Waals surface area contributed by atoms with E-state index in [-0.39, 0.29) is 0 Å². The third-order valence-electron chi connectivity index (χ3n) is 1.36. The first-order valence-electron chi connectivity index (χ1n) is 4.86. The summed E-state index contributed by atoms with van der Waals surface area (Å²) < 4.78 is 9.79. The first-order valence-corrected chi connectivity index (χ1v) is 6.62. The smallest absolute Gasteiger partial charge is 0.460 e. The molecule has 0 aromatic carbocycles. The van der Waals surface area contributed by atoms with Crippen molar-refractivity contribution in [3.63, 3.8) is 0 Å². The van der Waals surface area contributed by atoms with Crippen molar-refractivity contribution in [1.29, 1.82) is 0 Å². The Kier molecular flexibility index (Phi) is 7.37. The monoisotopic (exact) mass is 228 g/mol. The van der Waals surface area contributed by atoms with Crippen molar-refractivity contribution in [3.05, 3.63) is 0 Å². The Labute approximate surface area is 91.8 Å². The van der Waals surface area contributed by atoms with E-state index in [1.807, 2.05) is 6.92 Å². The molecule has 0 aliphatic rings. The summed E-state index contributed by atoms with van der Waals surface area (Å²) >= 11 is 0. The molecule has 0 bridgehead atoms. The molecule has 0 atom stereocenters. The summed E-state index contributed by atoms with van der Waals surface area (Å²) in [5.41, 5.74) is 0. The molecule has 0 aromatic rings. The maximum Gasteiger partial charge on any atom is 0.460 e. The molecule has 0 rings (SSSR count). The SMILES string of the molecule is CCCC#CC[SiH](OC(C)=O)OC(C)=O. The zero-order valence-corrected chi connectivity index (χ0v) is 10.5. The zero-order chi connectivity index (χ0) is 11.7. The average molecular weight is 228 g/mol. The predicted octanol–water partition coefficient (Wildman–Crippen LogP) is 1.14. The van der Waals surface area contributed by atoms with Crippen LogP contribution in [0.5, 0.6) is 0 Å². The Bertz CT molecular complexity index is 261. The van der Waals surface area contributed by atoms with Gasteiger partial charge in [-0.3, -0.25) is 9.59 Å². The van der Waals surface area contributed by atoms with Crippen LogP contribution in [-0.4, -0.2) is 21.2 Å². The molecule has 0 spiro atoms. The summed E-state index contributed by atoms with van der Waals surface area (Å²) in [7, 11) is -2.26. The standard InChI is InChI=1S/C10H16O4Si/c1-4-5-6-7-8-15(13-9(2)11)14-10(3)12/h15H,4-5,8H2,1-3H3. The molecule has 0 saturated heterocycles. The minimum absolute atomic E-state index is 0.360. The van der Waals surface area contributed by atoms with Crippen LogP contribution >= 0.6 is 0 Å². The lowest BCUT2D eigenvalue weighted by Crippen LogP contribution is -2.26. The van der Waals surface area contributed by atoms with Gasteiger partial charge in [-0.1, -0.05) is 12.8 Å². The number of rotatable bonds is 4. The van der Waals surface area contributed by atoms with Gasteiger partial charge in [0.1, 0.15) is 0 Å². The van der Waals surface area contributed by atoms with Crippen LogP contribution in [0.3, 0.4) is 0 Å². The fourth-order valence-corrected chi connectivity index (χ4v) is 2.11. The molecule has 0 N–H and O–H groups in total. The third-order valence-corrected chi connectivity index (χ3v) is 3.09. The molecule has 0 aliphatic heterocycles. The Morgan fingerprint density at radius 3 is 2.07 bits per heavy atom. The molecule has 0 unspecified atom stereocenters. The van der Waals surface area contributed by atoms with E-state index in [2.05, 4.69) is 11.8 Å². The molecule has 84 valence electrons. The molecule has 0 heterocycles. The summed E-state index contributed by atoms with van der Waals surface area (Å²) in [5.74, 6) is 4.92. The highest BCUT2D eigenvalue weighted by molar-refractivity contribution is 6.49. The van der Waals surface area contributed by atoms with E-state index in [0.717, 1.165) is 12.8 Å². The van der Waals surface area contributed by atoms with Crippen LogP contribution < -0.4 is 0 Å². The highest BCUT2D eigenvalue weighted by atomic mass is 28.3. The largest absolute Gasteiger partial charge is 0.487 e. The van der Waals surface area contributed by atoms with E-state index < -0.39 is 21.2 Å². The van der Waals surface area contributed by atoms with Crippen LogP contribution in [0.1, 0.15) is 33.6 Å². The molecule has 0 saturated carbocycles. The number of unbranched alkanes of at least 4 members (excludes halogenated alkanes) is 1. The number of hydrogen-bond acceptors (Lipinski definition) is 4. The van der Waals surface area contributed by atoms with E-state index in [1.54, 1.807) is 0 Å². The Morgan fingerprint density at radius 2 is 1.67 bits per heavy atom. The van der Waals surface area contributed by atoms with Gasteiger partial charge in [0.2, 0.25) is 0 Å². The fraction of sp³-hybridized carbons (Fsp3) is 0.600. The Morgan fingerprint density at radius 1 is 1.13 bits per heavy atom. The van der Waals surface area contributed by atoms with Crippen LogP contribution in [-0.2, 0) is 18.4 Å². The average Bonchev–Trinajstić information content (AvgIpc) is 2.10. The first kappa shape index (κ1) is 13.7. The predicted molar refractivity (Wildman–Crippen MR) is 58.2 cm³/mol. The minimum Gasteiger partial charge on any atom is -0.487 e. The molecule has 4 nitrogen and oxygen atoms in total. The van der Waals surface area contributed by atoms with E-state index >= 15 is 0 Å². The van der Waals surface area contributed by atoms with Crippen LogP contribution in [0.2, 0.25) is 6.04 Å². The number of carbonyl (C=O) groups is 2. The van der Waals surface area contributed by atoms with Gasteiger partial charge in [0.25, 0.3) is 11.9 Å². The highest BCUT2D eigenvalue weighted by Gasteiger charge is 2.18. The van der Waals surface area contributed by atoms with Crippen molar-refractivity contribution in [1.82, 2.24) is 0 Å².